The lowest BCUT2D eigenvalue weighted by atomic mass is 10.2. The van der Waals surface area contributed by atoms with Crippen molar-refractivity contribution in [3.05, 3.63) is 48.0 Å². The Labute approximate surface area is 88.7 Å². The third-order valence-electron chi connectivity index (χ3n) is 2.31. The summed E-state index contributed by atoms with van der Waals surface area (Å²) in [7, 11) is -1.11. The number of rotatable bonds is 4. The SMILES string of the molecule is C=C(C)C[Si](C)(C)Cc1ccccc1. The number of hydrogen-bond acceptors (Lipinski definition) is 0. The van der Waals surface area contributed by atoms with Gasteiger partial charge in [0.15, 0.2) is 0 Å². The minimum absolute atomic E-state index is 1.11. The van der Waals surface area contributed by atoms with E-state index < -0.39 is 8.07 Å². The van der Waals surface area contributed by atoms with Gasteiger partial charge in [-0.1, -0.05) is 54.6 Å². The monoisotopic (exact) mass is 204 g/mol. The van der Waals surface area contributed by atoms with E-state index in [9.17, 15) is 0 Å². The second kappa shape index (κ2) is 4.60. The molecule has 0 atom stereocenters. The molecule has 1 aromatic rings. The van der Waals surface area contributed by atoms with E-state index in [1.54, 1.807) is 0 Å². The van der Waals surface area contributed by atoms with Crippen LogP contribution >= 0.6 is 0 Å². The molecule has 1 aromatic carbocycles. The van der Waals surface area contributed by atoms with Crippen LogP contribution in [0.15, 0.2) is 42.5 Å². The Kier molecular flexibility index (Phi) is 3.70. The van der Waals surface area contributed by atoms with Gasteiger partial charge in [-0.3, -0.25) is 0 Å². The summed E-state index contributed by atoms with van der Waals surface area (Å²) < 4.78 is 0. The molecule has 0 nitrogen and oxygen atoms in total. The first-order chi connectivity index (χ1) is 6.49. The van der Waals surface area contributed by atoms with Gasteiger partial charge in [-0.15, -0.1) is 6.58 Å². The maximum absolute atomic E-state index is 4.02. The van der Waals surface area contributed by atoms with Gasteiger partial charge in [-0.2, -0.15) is 0 Å². The van der Waals surface area contributed by atoms with Gasteiger partial charge in [0.1, 0.15) is 0 Å². The van der Waals surface area contributed by atoms with Gasteiger partial charge in [-0.05, 0) is 19.0 Å². The van der Waals surface area contributed by atoms with Crippen LogP contribution < -0.4 is 0 Å². The van der Waals surface area contributed by atoms with Gasteiger partial charge >= 0.3 is 0 Å². The third-order valence-corrected chi connectivity index (χ3v) is 5.23. The highest BCUT2D eigenvalue weighted by Gasteiger charge is 2.20. The van der Waals surface area contributed by atoms with E-state index in [-0.39, 0.29) is 0 Å². The summed E-state index contributed by atoms with van der Waals surface area (Å²) in [6.07, 6.45) is 0. The molecule has 0 amide bonds. The van der Waals surface area contributed by atoms with Crippen LogP contribution in [-0.4, -0.2) is 8.07 Å². The lowest BCUT2D eigenvalue weighted by Crippen LogP contribution is -2.29. The minimum Gasteiger partial charge on any atom is -0.100 e. The summed E-state index contributed by atoms with van der Waals surface area (Å²) in [5, 5.41) is 0. The smallest absolute Gasteiger partial charge is 0.0557 e. The highest BCUT2D eigenvalue weighted by molar-refractivity contribution is 6.77. The van der Waals surface area contributed by atoms with Crippen LogP contribution in [-0.2, 0) is 6.04 Å². The molecule has 0 aliphatic heterocycles. The summed E-state index contributed by atoms with van der Waals surface area (Å²) in [5.74, 6) is 0. The van der Waals surface area contributed by atoms with Crippen LogP contribution in [0, 0.1) is 0 Å². The largest absolute Gasteiger partial charge is 0.100 e. The zero-order valence-electron chi connectivity index (χ0n) is 9.51. The summed E-state index contributed by atoms with van der Waals surface area (Å²) >= 11 is 0. The van der Waals surface area contributed by atoms with E-state index in [1.807, 2.05) is 0 Å². The molecular weight excluding hydrogens is 184 g/mol. The van der Waals surface area contributed by atoms with Crippen molar-refractivity contribution in [1.29, 1.82) is 0 Å². The molecular formula is C13H20Si. The van der Waals surface area contributed by atoms with E-state index in [2.05, 4.69) is 56.9 Å². The Hall–Kier alpha value is -0.823. The van der Waals surface area contributed by atoms with Crippen LogP contribution in [0.1, 0.15) is 12.5 Å². The normalized spacial score (nSPS) is 11.4. The molecule has 0 aromatic heterocycles. The fourth-order valence-electron chi connectivity index (χ4n) is 2.03. The van der Waals surface area contributed by atoms with Crippen molar-refractivity contribution in [2.75, 3.05) is 0 Å². The molecule has 0 saturated heterocycles. The molecule has 0 radical (unpaired) electrons. The van der Waals surface area contributed by atoms with Crippen molar-refractivity contribution in [2.45, 2.75) is 32.1 Å². The van der Waals surface area contributed by atoms with E-state index in [1.165, 1.54) is 23.2 Å². The molecule has 0 heterocycles. The quantitative estimate of drug-likeness (QED) is 0.512. The van der Waals surface area contributed by atoms with Gasteiger partial charge in [0.25, 0.3) is 0 Å². The highest BCUT2D eigenvalue weighted by atomic mass is 28.3. The molecule has 0 aliphatic rings. The molecule has 0 spiro atoms. The summed E-state index contributed by atoms with van der Waals surface area (Å²) in [4.78, 5) is 0. The van der Waals surface area contributed by atoms with Gasteiger partial charge in [0.2, 0.25) is 0 Å². The van der Waals surface area contributed by atoms with E-state index in [0.717, 1.165) is 0 Å². The average molecular weight is 204 g/mol. The van der Waals surface area contributed by atoms with Crippen LogP contribution in [0.4, 0.5) is 0 Å². The first kappa shape index (κ1) is 11.3. The van der Waals surface area contributed by atoms with E-state index >= 15 is 0 Å². The molecule has 0 aliphatic carbocycles. The van der Waals surface area contributed by atoms with Gasteiger partial charge in [0, 0.05) is 0 Å². The van der Waals surface area contributed by atoms with E-state index in [4.69, 9.17) is 0 Å². The standard InChI is InChI=1S/C13H20Si/c1-12(2)10-14(3,4)11-13-8-6-5-7-9-13/h5-9H,1,10-11H2,2-4H3. The molecule has 0 bridgehead atoms. The van der Waals surface area contributed by atoms with Crippen molar-refractivity contribution >= 4 is 8.07 Å². The van der Waals surface area contributed by atoms with Crippen molar-refractivity contribution in [1.82, 2.24) is 0 Å². The Morgan fingerprint density at radius 2 is 1.79 bits per heavy atom. The van der Waals surface area contributed by atoms with E-state index in [0.29, 0.717) is 0 Å². The maximum atomic E-state index is 4.02. The number of benzene rings is 1. The van der Waals surface area contributed by atoms with Crippen LogP contribution in [0.3, 0.4) is 0 Å². The summed E-state index contributed by atoms with van der Waals surface area (Å²) in [5.41, 5.74) is 2.81. The topological polar surface area (TPSA) is 0 Å². The average Bonchev–Trinajstić information content (AvgIpc) is 2.02. The second-order valence-electron chi connectivity index (χ2n) is 4.96. The molecule has 0 unspecified atom stereocenters. The predicted molar refractivity (Wildman–Crippen MR) is 67.2 cm³/mol. The summed E-state index contributed by atoms with van der Waals surface area (Å²) in [6.45, 7) is 11.0. The van der Waals surface area contributed by atoms with Crippen molar-refractivity contribution in [3.8, 4) is 0 Å². The predicted octanol–water partition coefficient (Wildman–Crippen LogP) is 4.05. The molecule has 1 heteroatoms. The Morgan fingerprint density at radius 1 is 1.21 bits per heavy atom. The summed E-state index contributed by atoms with van der Waals surface area (Å²) in [6, 6.07) is 13.3. The fourth-order valence-corrected chi connectivity index (χ4v) is 5.13. The maximum Gasteiger partial charge on any atom is 0.0557 e. The molecule has 0 N–H and O–H groups in total. The highest BCUT2D eigenvalue weighted by Crippen LogP contribution is 2.19. The third kappa shape index (κ3) is 3.92. The number of hydrogen-bond donors (Lipinski definition) is 0. The Bertz CT molecular complexity index is 298. The van der Waals surface area contributed by atoms with Crippen LogP contribution in [0.5, 0.6) is 0 Å². The van der Waals surface area contributed by atoms with Crippen molar-refractivity contribution in [3.63, 3.8) is 0 Å². The molecule has 0 saturated carbocycles. The van der Waals surface area contributed by atoms with Crippen LogP contribution in [0.25, 0.3) is 0 Å². The number of allylic oxidation sites excluding steroid dienone is 1. The first-order valence-corrected chi connectivity index (χ1v) is 8.59. The van der Waals surface area contributed by atoms with Gasteiger partial charge in [-0.25, -0.2) is 0 Å². The molecule has 1 rings (SSSR count). The Balaban J connectivity index is 2.63. The fraction of sp³-hybridized carbons (Fsp3) is 0.385. The van der Waals surface area contributed by atoms with Crippen LogP contribution in [0.2, 0.25) is 19.1 Å². The lowest BCUT2D eigenvalue weighted by Gasteiger charge is -2.22. The second-order valence-corrected chi connectivity index (χ2v) is 10.00. The molecule has 14 heavy (non-hydrogen) atoms. The zero-order chi connectivity index (χ0) is 10.6. The van der Waals surface area contributed by atoms with Gasteiger partial charge < -0.3 is 0 Å². The zero-order valence-corrected chi connectivity index (χ0v) is 10.5. The Morgan fingerprint density at radius 3 is 2.29 bits per heavy atom. The van der Waals surface area contributed by atoms with Gasteiger partial charge in [0.05, 0.1) is 8.07 Å². The molecule has 0 fully saturated rings. The molecule has 76 valence electrons. The minimum atomic E-state index is -1.11. The van der Waals surface area contributed by atoms with Crippen molar-refractivity contribution < 1.29 is 0 Å². The first-order valence-electron chi connectivity index (χ1n) is 5.18. The lowest BCUT2D eigenvalue weighted by molar-refractivity contribution is 1.23. The van der Waals surface area contributed by atoms with Crippen molar-refractivity contribution in [2.24, 2.45) is 0 Å².